The van der Waals surface area contributed by atoms with Crippen LogP contribution in [0.4, 0.5) is 0 Å². The third kappa shape index (κ3) is 3.25. The minimum atomic E-state index is -0.145. The molecule has 0 unspecified atom stereocenters. The van der Waals surface area contributed by atoms with E-state index in [1.54, 1.807) is 0 Å². The molecule has 0 amide bonds. The van der Waals surface area contributed by atoms with E-state index in [1.165, 1.54) is 11.8 Å². The zero-order chi connectivity index (χ0) is 10.5. The molecule has 1 aliphatic rings. The van der Waals surface area contributed by atoms with Gasteiger partial charge >= 0.3 is 5.97 Å². The maximum Gasteiger partial charge on any atom is 0.317 e. The van der Waals surface area contributed by atoms with Crippen LogP contribution in [0.2, 0.25) is 0 Å². The molecule has 3 nitrogen and oxygen atoms in total. The van der Waals surface area contributed by atoms with Crippen molar-refractivity contribution >= 4 is 17.7 Å². The summed E-state index contributed by atoms with van der Waals surface area (Å²) in [5.74, 6) is 0.299. The highest BCUT2D eigenvalue weighted by Crippen LogP contribution is 2.21. The van der Waals surface area contributed by atoms with E-state index in [0.717, 1.165) is 5.56 Å². The largest absolute Gasteiger partial charge is 0.448 e. The summed E-state index contributed by atoms with van der Waals surface area (Å²) in [6.07, 6.45) is 0. The third-order valence-corrected chi connectivity index (χ3v) is 3.02. The van der Waals surface area contributed by atoms with Crippen molar-refractivity contribution in [2.24, 2.45) is 0 Å². The fraction of sp³-hybridized carbons (Fsp3) is 0.364. The molecule has 1 fully saturated rings. The molecule has 0 spiro atoms. The Morgan fingerprint density at radius 3 is 2.87 bits per heavy atom. The van der Waals surface area contributed by atoms with Crippen molar-refractivity contribution in [3.05, 3.63) is 35.9 Å². The Bertz CT molecular complexity index is 326. The van der Waals surface area contributed by atoms with Crippen LogP contribution in [-0.4, -0.2) is 23.8 Å². The Hall–Kier alpha value is -1.00. The van der Waals surface area contributed by atoms with E-state index in [2.05, 4.69) is 0 Å². The average molecular weight is 224 g/mol. The second-order valence-corrected chi connectivity index (χ2v) is 4.38. The standard InChI is InChI=1S/C11H12O3S/c12-10-8-15-11(14-10)7-13-6-9-4-2-1-3-5-9/h1-5,11H,6-8H2/t11-/m1/s1. The number of thioether (sulfide) groups is 1. The molecule has 1 aromatic rings. The van der Waals surface area contributed by atoms with Crippen LogP contribution < -0.4 is 0 Å². The lowest BCUT2D eigenvalue weighted by Gasteiger charge is -2.08. The summed E-state index contributed by atoms with van der Waals surface area (Å²) in [4.78, 5) is 10.8. The normalized spacial score (nSPS) is 20.3. The van der Waals surface area contributed by atoms with Crippen molar-refractivity contribution in [2.45, 2.75) is 12.0 Å². The smallest absolute Gasteiger partial charge is 0.317 e. The van der Waals surface area contributed by atoms with Gasteiger partial charge in [0.15, 0.2) is 5.44 Å². The van der Waals surface area contributed by atoms with E-state index >= 15 is 0 Å². The van der Waals surface area contributed by atoms with E-state index in [4.69, 9.17) is 9.47 Å². The number of carbonyl (C=O) groups excluding carboxylic acids is 1. The van der Waals surface area contributed by atoms with Gasteiger partial charge in [-0.05, 0) is 5.56 Å². The van der Waals surface area contributed by atoms with Crippen molar-refractivity contribution in [2.75, 3.05) is 12.4 Å². The topological polar surface area (TPSA) is 35.5 Å². The average Bonchev–Trinajstić information content (AvgIpc) is 2.66. The summed E-state index contributed by atoms with van der Waals surface area (Å²) in [5, 5.41) is 0. The van der Waals surface area contributed by atoms with Crippen LogP contribution in [0.3, 0.4) is 0 Å². The summed E-state index contributed by atoms with van der Waals surface area (Å²) in [6, 6.07) is 9.94. The van der Waals surface area contributed by atoms with Gasteiger partial charge in [0.2, 0.25) is 0 Å². The minimum absolute atomic E-state index is 0.124. The van der Waals surface area contributed by atoms with Crippen LogP contribution in [0.5, 0.6) is 0 Å². The second kappa shape index (κ2) is 5.19. The molecule has 0 bridgehead atoms. The molecule has 0 N–H and O–H groups in total. The highest BCUT2D eigenvalue weighted by molar-refractivity contribution is 8.00. The van der Waals surface area contributed by atoms with Crippen LogP contribution in [0.25, 0.3) is 0 Å². The van der Waals surface area contributed by atoms with Crippen molar-refractivity contribution in [1.82, 2.24) is 0 Å². The molecule has 0 radical (unpaired) electrons. The number of esters is 1. The molecular weight excluding hydrogens is 212 g/mol. The molecule has 0 saturated carbocycles. The Morgan fingerprint density at radius 1 is 1.40 bits per heavy atom. The van der Waals surface area contributed by atoms with E-state index in [-0.39, 0.29) is 11.4 Å². The number of rotatable bonds is 4. The van der Waals surface area contributed by atoms with Gasteiger partial charge < -0.3 is 9.47 Å². The minimum Gasteiger partial charge on any atom is -0.448 e. The summed E-state index contributed by atoms with van der Waals surface area (Å²) >= 11 is 1.49. The number of cyclic esters (lactones) is 1. The van der Waals surface area contributed by atoms with Gasteiger partial charge in [0.05, 0.1) is 19.0 Å². The lowest BCUT2D eigenvalue weighted by molar-refractivity contribution is -0.141. The first kappa shape index (κ1) is 10.5. The molecular formula is C11H12O3S. The van der Waals surface area contributed by atoms with Crippen LogP contribution in [0.1, 0.15) is 5.56 Å². The summed E-state index contributed by atoms with van der Waals surface area (Å²) in [5.41, 5.74) is 1.01. The number of benzene rings is 1. The molecule has 1 aliphatic heterocycles. The van der Waals surface area contributed by atoms with Gasteiger partial charge in [-0.15, -0.1) is 11.8 Å². The van der Waals surface area contributed by atoms with Gasteiger partial charge in [0.1, 0.15) is 0 Å². The van der Waals surface area contributed by atoms with Gasteiger partial charge in [-0.3, -0.25) is 4.79 Å². The van der Waals surface area contributed by atoms with Gasteiger partial charge in [-0.2, -0.15) is 0 Å². The molecule has 1 saturated heterocycles. The van der Waals surface area contributed by atoms with Gasteiger partial charge in [-0.1, -0.05) is 30.3 Å². The predicted octanol–water partition coefficient (Wildman–Crippen LogP) is 1.82. The molecule has 1 heterocycles. The van der Waals surface area contributed by atoms with E-state index in [9.17, 15) is 4.79 Å². The van der Waals surface area contributed by atoms with Crippen molar-refractivity contribution in [3.8, 4) is 0 Å². The van der Waals surface area contributed by atoms with Crippen LogP contribution >= 0.6 is 11.8 Å². The fourth-order valence-corrected chi connectivity index (χ4v) is 2.06. The highest BCUT2D eigenvalue weighted by atomic mass is 32.2. The molecule has 0 aromatic heterocycles. The Balaban J connectivity index is 1.69. The maximum absolute atomic E-state index is 10.8. The number of hydrogen-bond acceptors (Lipinski definition) is 4. The van der Waals surface area contributed by atoms with Gasteiger partial charge in [0, 0.05) is 0 Å². The zero-order valence-electron chi connectivity index (χ0n) is 8.22. The summed E-state index contributed by atoms with van der Waals surface area (Å²) in [6.45, 7) is 1.03. The molecule has 0 aliphatic carbocycles. The van der Waals surface area contributed by atoms with Crippen LogP contribution in [0.15, 0.2) is 30.3 Å². The van der Waals surface area contributed by atoms with Crippen LogP contribution in [0, 0.1) is 0 Å². The first-order valence-corrected chi connectivity index (χ1v) is 5.82. The van der Waals surface area contributed by atoms with Gasteiger partial charge in [-0.25, -0.2) is 0 Å². The molecule has 4 heteroatoms. The lowest BCUT2D eigenvalue weighted by Crippen LogP contribution is -2.12. The number of ether oxygens (including phenoxy) is 2. The maximum atomic E-state index is 10.8. The van der Waals surface area contributed by atoms with Crippen molar-refractivity contribution in [3.63, 3.8) is 0 Å². The van der Waals surface area contributed by atoms with Gasteiger partial charge in [0.25, 0.3) is 0 Å². The number of hydrogen-bond donors (Lipinski definition) is 0. The van der Waals surface area contributed by atoms with E-state index in [1.807, 2.05) is 30.3 Å². The van der Waals surface area contributed by atoms with Crippen molar-refractivity contribution in [1.29, 1.82) is 0 Å². The SMILES string of the molecule is O=C1CS[C@H](COCc2ccccc2)O1. The van der Waals surface area contributed by atoms with E-state index < -0.39 is 0 Å². The fourth-order valence-electron chi connectivity index (χ4n) is 1.31. The monoisotopic (exact) mass is 224 g/mol. The number of carbonyl (C=O) groups is 1. The van der Waals surface area contributed by atoms with Crippen LogP contribution in [-0.2, 0) is 20.9 Å². The highest BCUT2D eigenvalue weighted by Gasteiger charge is 2.23. The summed E-state index contributed by atoms with van der Waals surface area (Å²) in [7, 11) is 0. The summed E-state index contributed by atoms with van der Waals surface area (Å²) < 4.78 is 10.5. The first-order valence-electron chi connectivity index (χ1n) is 4.77. The molecule has 15 heavy (non-hydrogen) atoms. The third-order valence-electron chi connectivity index (χ3n) is 2.02. The Labute approximate surface area is 92.8 Å². The predicted molar refractivity (Wildman–Crippen MR) is 58.4 cm³/mol. The van der Waals surface area contributed by atoms with E-state index in [0.29, 0.717) is 19.0 Å². The quantitative estimate of drug-likeness (QED) is 0.731. The lowest BCUT2D eigenvalue weighted by atomic mass is 10.2. The Morgan fingerprint density at radius 2 is 2.20 bits per heavy atom. The van der Waals surface area contributed by atoms with Crippen molar-refractivity contribution < 1.29 is 14.3 Å². The Kier molecular flexibility index (Phi) is 3.64. The second-order valence-electron chi connectivity index (χ2n) is 3.23. The zero-order valence-corrected chi connectivity index (χ0v) is 9.03. The molecule has 1 aromatic carbocycles. The molecule has 80 valence electrons. The first-order chi connectivity index (χ1) is 7.34. The molecule has 1 atom stereocenters. The molecule has 2 rings (SSSR count).